The molecule has 0 aromatic heterocycles. The molecule has 2 aromatic carbocycles. The number of ether oxygens (including phenoxy) is 2. The number of nitrogens with one attached hydrogen (secondary N) is 1. The van der Waals surface area contributed by atoms with Gasteiger partial charge in [0.1, 0.15) is 29.0 Å². The van der Waals surface area contributed by atoms with E-state index in [4.69, 9.17) is 21.7 Å². The van der Waals surface area contributed by atoms with Gasteiger partial charge in [0.2, 0.25) is 0 Å². The Morgan fingerprint density at radius 3 is 2.58 bits per heavy atom. The zero-order valence-electron chi connectivity index (χ0n) is 14.0. The van der Waals surface area contributed by atoms with Crippen LogP contribution in [0.1, 0.15) is 11.1 Å². The molecule has 1 aliphatic heterocycles. The van der Waals surface area contributed by atoms with Gasteiger partial charge in [-0.3, -0.25) is 4.79 Å². The summed E-state index contributed by atoms with van der Waals surface area (Å²) < 4.78 is 13.0. The van der Waals surface area contributed by atoms with Crippen LogP contribution in [-0.2, 0) is 4.79 Å². The zero-order chi connectivity index (χ0) is 18.5. The third-order valence-electron chi connectivity index (χ3n) is 3.52. The first-order valence-corrected chi connectivity index (χ1v) is 9.90. The molecule has 1 aliphatic rings. The summed E-state index contributed by atoms with van der Waals surface area (Å²) in [6.45, 7) is 2.81. The number of carbonyl (C=O) groups excluding carboxylic acids is 1. The van der Waals surface area contributed by atoms with E-state index in [9.17, 15) is 4.79 Å². The molecule has 2 aromatic rings. The molecule has 26 heavy (non-hydrogen) atoms. The minimum atomic E-state index is -0.175. The van der Waals surface area contributed by atoms with Gasteiger partial charge in [-0.05, 0) is 49.4 Å². The van der Waals surface area contributed by atoms with Gasteiger partial charge in [-0.25, -0.2) is 0 Å². The summed E-state index contributed by atoms with van der Waals surface area (Å²) in [5.74, 6) is 1.32. The number of thioether (sulfide) groups is 1. The van der Waals surface area contributed by atoms with E-state index in [0.29, 0.717) is 28.2 Å². The number of benzene rings is 2. The summed E-state index contributed by atoms with van der Waals surface area (Å²) in [5.41, 5.74) is 1.93. The molecule has 1 heterocycles. The quantitative estimate of drug-likeness (QED) is 0.393. The van der Waals surface area contributed by atoms with Gasteiger partial charge in [-0.15, -0.1) is 0 Å². The molecule has 4 nitrogen and oxygen atoms in total. The standard InChI is InChI=1S/C19H16BrNO3S2/c1-12-2-7-16(13(10-12)11-17-18(22)21-19(25)26-17)24-9-8-23-15-5-3-14(20)4-6-15/h2-7,10-11H,8-9H2,1H3,(H,21,22,25). The SMILES string of the molecule is Cc1ccc(OCCOc2ccc(Br)cc2)c(C=C2SC(=S)NC2=O)c1. The van der Waals surface area contributed by atoms with Crippen LogP contribution in [0.25, 0.3) is 6.08 Å². The monoisotopic (exact) mass is 449 g/mol. The van der Waals surface area contributed by atoms with Crippen molar-refractivity contribution in [3.63, 3.8) is 0 Å². The van der Waals surface area contributed by atoms with Crippen molar-refractivity contribution in [1.82, 2.24) is 5.32 Å². The predicted octanol–water partition coefficient (Wildman–Crippen LogP) is 4.70. The molecule has 0 saturated carbocycles. The molecule has 0 aliphatic carbocycles. The largest absolute Gasteiger partial charge is 0.490 e. The second-order valence-electron chi connectivity index (χ2n) is 5.54. The lowest BCUT2D eigenvalue weighted by molar-refractivity contribution is -0.115. The molecule has 1 amide bonds. The van der Waals surface area contributed by atoms with Crippen LogP contribution in [0.15, 0.2) is 51.8 Å². The van der Waals surface area contributed by atoms with Crippen molar-refractivity contribution in [2.24, 2.45) is 0 Å². The lowest BCUT2D eigenvalue weighted by Gasteiger charge is -2.11. The van der Waals surface area contributed by atoms with Crippen molar-refractivity contribution in [1.29, 1.82) is 0 Å². The Bertz CT molecular complexity index is 866. The normalized spacial score (nSPS) is 15.2. The molecule has 7 heteroatoms. The third kappa shape index (κ3) is 5.09. The molecular weight excluding hydrogens is 434 g/mol. The lowest BCUT2D eigenvalue weighted by Crippen LogP contribution is -2.17. The van der Waals surface area contributed by atoms with Crippen LogP contribution in [0.4, 0.5) is 0 Å². The molecular formula is C19H16BrNO3S2. The number of amides is 1. The maximum Gasteiger partial charge on any atom is 0.263 e. The van der Waals surface area contributed by atoms with Crippen LogP contribution in [0.5, 0.6) is 11.5 Å². The van der Waals surface area contributed by atoms with Crippen LogP contribution in [0.3, 0.4) is 0 Å². The van der Waals surface area contributed by atoms with Crippen LogP contribution in [0, 0.1) is 6.92 Å². The maximum absolute atomic E-state index is 11.9. The number of halogens is 1. The van der Waals surface area contributed by atoms with Crippen LogP contribution in [0.2, 0.25) is 0 Å². The topological polar surface area (TPSA) is 47.6 Å². The summed E-state index contributed by atoms with van der Waals surface area (Å²) in [6.07, 6.45) is 1.80. The Kier molecular flexibility index (Phi) is 6.34. The minimum Gasteiger partial charge on any atom is -0.490 e. The minimum absolute atomic E-state index is 0.175. The molecule has 0 unspecified atom stereocenters. The molecule has 1 fully saturated rings. The summed E-state index contributed by atoms with van der Waals surface area (Å²) in [6, 6.07) is 13.5. The number of hydrogen-bond acceptors (Lipinski definition) is 5. The van der Waals surface area contributed by atoms with Crippen LogP contribution >= 0.6 is 39.9 Å². The Balaban J connectivity index is 1.64. The van der Waals surface area contributed by atoms with E-state index in [1.54, 1.807) is 6.08 Å². The van der Waals surface area contributed by atoms with Crippen molar-refractivity contribution in [3.8, 4) is 11.5 Å². The van der Waals surface area contributed by atoms with Gasteiger partial charge in [0.15, 0.2) is 0 Å². The summed E-state index contributed by atoms with van der Waals surface area (Å²) in [5, 5.41) is 2.62. The fourth-order valence-electron chi connectivity index (χ4n) is 2.32. The van der Waals surface area contributed by atoms with Gasteiger partial charge >= 0.3 is 0 Å². The summed E-state index contributed by atoms with van der Waals surface area (Å²) in [4.78, 5) is 12.4. The van der Waals surface area contributed by atoms with Crippen LogP contribution < -0.4 is 14.8 Å². The highest BCUT2D eigenvalue weighted by Crippen LogP contribution is 2.30. The van der Waals surface area contributed by atoms with E-state index < -0.39 is 0 Å². The smallest absolute Gasteiger partial charge is 0.263 e. The van der Waals surface area contributed by atoms with E-state index in [0.717, 1.165) is 21.3 Å². The molecule has 0 spiro atoms. The van der Waals surface area contributed by atoms with Gasteiger partial charge in [-0.2, -0.15) is 0 Å². The van der Waals surface area contributed by atoms with Gasteiger partial charge in [0, 0.05) is 10.0 Å². The van der Waals surface area contributed by atoms with Gasteiger partial charge in [0.25, 0.3) is 5.91 Å². The highest BCUT2D eigenvalue weighted by Gasteiger charge is 2.22. The van der Waals surface area contributed by atoms with Gasteiger partial charge in [-0.1, -0.05) is 51.5 Å². The first kappa shape index (κ1) is 18.9. The van der Waals surface area contributed by atoms with Gasteiger partial charge in [0.05, 0.1) is 4.91 Å². The van der Waals surface area contributed by atoms with Crippen molar-refractivity contribution < 1.29 is 14.3 Å². The average Bonchev–Trinajstić information content (AvgIpc) is 2.92. The fourth-order valence-corrected chi connectivity index (χ4v) is 3.62. The third-order valence-corrected chi connectivity index (χ3v) is 5.21. The molecule has 0 radical (unpaired) electrons. The lowest BCUT2D eigenvalue weighted by atomic mass is 10.1. The Morgan fingerprint density at radius 2 is 1.88 bits per heavy atom. The van der Waals surface area contributed by atoms with E-state index in [-0.39, 0.29) is 5.91 Å². The van der Waals surface area contributed by atoms with Crippen LogP contribution in [-0.4, -0.2) is 23.4 Å². The summed E-state index contributed by atoms with van der Waals surface area (Å²) in [7, 11) is 0. The van der Waals surface area contributed by atoms with Crippen molar-refractivity contribution in [2.75, 3.05) is 13.2 Å². The maximum atomic E-state index is 11.9. The molecule has 0 atom stereocenters. The van der Waals surface area contributed by atoms with E-state index in [2.05, 4.69) is 21.2 Å². The second kappa shape index (κ2) is 8.70. The average molecular weight is 450 g/mol. The molecule has 134 valence electrons. The molecule has 1 N–H and O–H groups in total. The number of aryl methyl sites for hydroxylation is 1. The first-order chi connectivity index (χ1) is 12.5. The number of rotatable bonds is 6. The van der Waals surface area contributed by atoms with Crippen molar-refractivity contribution >= 4 is 56.2 Å². The Morgan fingerprint density at radius 1 is 1.15 bits per heavy atom. The predicted molar refractivity (Wildman–Crippen MR) is 113 cm³/mol. The van der Waals surface area contributed by atoms with E-state index >= 15 is 0 Å². The van der Waals surface area contributed by atoms with E-state index in [1.165, 1.54) is 11.8 Å². The molecule has 0 bridgehead atoms. The first-order valence-electron chi connectivity index (χ1n) is 7.88. The number of thiocarbonyl (C=S) groups is 1. The second-order valence-corrected chi connectivity index (χ2v) is 8.18. The van der Waals surface area contributed by atoms with E-state index in [1.807, 2.05) is 49.4 Å². The Labute approximate surface area is 170 Å². The highest BCUT2D eigenvalue weighted by atomic mass is 79.9. The zero-order valence-corrected chi connectivity index (χ0v) is 17.2. The number of hydrogen-bond donors (Lipinski definition) is 1. The van der Waals surface area contributed by atoms with Gasteiger partial charge < -0.3 is 14.8 Å². The number of carbonyl (C=O) groups is 1. The van der Waals surface area contributed by atoms with Crippen molar-refractivity contribution in [3.05, 3.63) is 63.0 Å². The molecule has 1 saturated heterocycles. The fraction of sp³-hybridized carbons (Fsp3) is 0.158. The van der Waals surface area contributed by atoms with Crippen molar-refractivity contribution in [2.45, 2.75) is 6.92 Å². The summed E-state index contributed by atoms with van der Waals surface area (Å²) >= 11 is 9.68. The Hall–Kier alpha value is -1.83. The highest BCUT2D eigenvalue weighted by molar-refractivity contribution is 9.10. The molecule has 3 rings (SSSR count).